The van der Waals surface area contributed by atoms with E-state index in [1.807, 2.05) is 33.3 Å². The van der Waals surface area contributed by atoms with Crippen molar-refractivity contribution in [2.45, 2.75) is 322 Å². The van der Waals surface area contributed by atoms with Crippen LogP contribution < -0.4 is 5.32 Å². The van der Waals surface area contributed by atoms with Gasteiger partial charge in [-0.1, -0.05) is 285 Å². The summed E-state index contributed by atoms with van der Waals surface area (Å²) in [6.45, 7) is 6.89. The first-order chi connectivity index (χ1) is 40.9. The Hall–Kier alpha value is -3.07. The lowest BCUT2D eigenvalue weighted by molar-refractivity contribution is -0.870. The summed E-state index contributed by atoms with van der Waals surface area (Å²) in [5.41, 5.74) is 0. The zero-order chi connectivity index (χ0) is 61.4. The van der Waals surface area contributed by atoms with E-state index in [0.29, 0.717) is 17.4 Å². The van der Waals surface area contributed by atoms with E-state index in [-0.39, 0.29) is 31.5 Å². The SMILES string of the molecule is CC/C=C\C/C=C\C/C=C\C/C=C\C/C=C\CCCCCCCCCCCCCC(=O)OC(/C=C\CCCCCCCCCCCC)C(COP(=O)(O)OCC[N+](C)(C)C)NC(=O)CCCCCCCCCCC/C=C\C/C=C\CCCCC. The standard InChI is InChI=1S/C74H133N2O7P/c1-7-10-13-16-19-22-25-28-30-32-34-35-36-37-38-39-40-41-43-45-47-49-52-55-58-61-64-67-74(78)83-72(65-62-59-56-53-50-27-24-21-18-15-12-9-3)71(70-82-84(79,80)81-69-68-76(4,5)6)75-73(77)66-63-60-57-54-51-48-46-44-42-33-31-29-26-23-20-17-14-11-8-2/h10,13,19-20,22-23,28-31,34-35,37-38,62,65,71-72H,7-9,11-12,14-18,21,24-27,32-33,36,39-61,63-64,66-70H2,1-6H3,(H-,75,77,79,80)/p+1/b13-10-,22-19-,23-20-,30-28-,31-29-,35-34-,38-37-,65-62-. The molecule has 3 unspecified atom stereocenters. The van der Waals surface area contributed by atoms with Gasteiger partial charge in [-0.3, -0.25) is 18.6 Å². The average molecular weight is 1190 g/mol. The summed E-state index contributed by atoms with van der Waals surface area (Å²) in [6.07, 6.45) is 85.5. The van der Waals surface area contributed by atoms with Crippen molar-refractivity contribution in [3.63, 3.8) is 0 Å². The molecule has 3 atom stereocenters. The number of nitrogens with zero attached hydrogens (tertiary/aromatic N) is 1. The number of unbranched alkanes of at least 4 members (excludes halogenated alkanes) is 33. The molecule has 486 valence electrons. The monoisotopic (exact) mass is 1190 g/mol. The summed E-state index contributed by atoms with van der Waals surface area (Å²) in [6, 6.07) is -0.857. The summed E-state index contributed by atoms with van der Waals surface area (Å²) in [5, 5.41) is 3.07. The van der Waals surface area contributed by atoms with Crippen molar-refractivity contribution in [2.24, 2.45) is 0 Å². The van der Waals surface area contributed by atoms with Crippen molar-refractivity contribution < 1.29 is 37.3 Å². The van der Waals surface area contributed by atoms with Gasteiger partial charge in [0.2, 0.25) is 5.91 Å². The molecule has 0 rings (SSSR count). The predicted octanol–water partition coefficient (Wildman–Crippen LogP) is 22.3. The summed E-state index contributed by atoms with van der Waals surface area (Å²) >= 11 is 0. The summed E-state index contributed by atoms with van der Waals surface area (Å²) < 4.78 is 30.8. The maximum atomic E-state index is 13.6. The molecule has 84 heavy (non-hydrogen) atoms. The second-order valence-electron chi connectivity index (χ2n) is 24.7. The van der Waals surface area contributed by atoms with Gasteiger partial charge >= 0.3 is 13.8 Å². The van der Waals surface area contributed by atoms with Gasteiger partial charge in [0.05, 0.1) is 33.8 Å². The molecule has 0 saturated carbocycles. The highest BCUT2D eigenvalue weighted by Gasteiger charge is 2.30. The molecule has 10 heteroatoms. The number of ether oxygens (including phenoxy) is 1. The van der Waals surface area contributed by atoms with E-state index >= 15 is 0 Å². The maximum absolute atomic E-state index is 13.6. The van der Waals surface area contributed by atoms with Crippen LogP contribution in [0, 0.1) is 0 Å². The van der Waals surface area contributed by atoms with Gasteiger partial charge in [0.15, 0.2) is 0 Å². The average Bonchev–Trinajstić information content (AvgIpc) is 3.65. The van der Waals surface area contributed by atoms with Crippen LogP contribution in [0.4, 0.5) is 0 Å². The summed E-state index contributed by atoms with van der Waals surface area (Å²) in [7, 11) is 1.49. The second kappa shape index (κ2) is 63.0. The minimum atomic E-state index is -4.46. The molecular weight excluding hydrogens is 1060 g/mol. The molecule has 1 amide bonds. The molecule has 0 aromatic carbocycles. The van der Waals surface area contributed by atoms with Crippen molar-refractivity contribution in [2.75, 3.05) is 40.9 Å². The number of carbonyl (C=O) groups excluding carboxylic acids is 2. The van der Waals surface area contributed by atoms with Crippen LogP contribution in [0.25, 0.3) is 0 Å². The number of amides is 1. The molecule has 0 fully saturated rings. The Morgan fingerprint density at radius 3 is 1.17 bits per heavy atom. The van der Waals surface area contributed by atoms with Gasteiger partial charge in [0, 0.05) is 12.8 Å². The normalized spacial score (nSPS) is 14.1. The van der Waals surface area contributed by atoms with E-state index in [4.69, 9.17) is 13.8 Å². The molecule has 9 nitrogen and oxygen atoms in total. The Bertz CT molecular complexity index is 1760. The Morgan fingerprint density at radius 2 is 0.762 bits per heavy atom. The molecule has 0 radical (unpaired) electrons. The fourth-order valence-electron chi connectivity index (χ4n) is 9.88. The molecule has 0 aliphatic rings. The minimum Gasteiger partial charge on any atom is -0.456 e. The zero-order valence-corrected chi connectivity index (χ0v) is 56.5. The fraction of sp³-hybridized carbons (Fsp3) is 0.757. The second-order valence-corrected chi connectivity index (χ2v) is 26.1. The number of hydrogen-bond donors (Lipinski definition) is 2. The van der Waals surface area contributed by atoms with Crippen molar-refractivity contribution in [1.29, 1.82) is 0 Å². The quantitative estimate of drug-likeness (QED) is 0.0205. The van der Waals surface area contributed by atoms with E-state index in [1.165, 1.54) is 173 Å². The first-order valence-corrected chi connectivity index (χ1v) is 36.6. The van der Waals surface area contributed by atoms with Crippen LogP contribution in [0.3, 0.4) is 0 Å². The third-order valence-corrected chi connectivity index (χ3v) is 16.2. The lowest BCUT2D eigenvalue weighted by Gasteiger charge is -2.27. The van der Waals surface area contributed by atoms with E-state index in [2.05, 4.69) is 111 Å². The van der Waals surface area contributed by atoms with Crippen LogP contribution >= 0.6 is 7.82 Å². The topological polar surface area (TPSA) is 111 Å². The number of phosphoric ester groups is 1. The molecule has 0 aromatic rings. The lowest BCUT2D eigenvalue weighted by Crippen LogP contribution is -2.47. The Morgan fingerprint density at radius 1 is 0.429 bits per heavy atom. The third kappa shape index (κ3) is 63.4. The van der Waals surface area contributed by atoms with E-state index < -0.39 is 20.0 Å². The molecule has 0 heterocycles. The fourth-order valence-corrected chi connectivity index (χ4v) is 10.6. The molecule has 2 N–H and O–H groups in total. The molecule has 0 aromatic heterocycles. The number of esters is 1. The van der Waals surface area contributed by atoms with Crippen molar-refractivity contribution in [1.82, 2.24) is 5.32 Å². The van der Waals surface area contributed by atoms with Crippen LogP contribution in [-0.4, -0.2) is 74.3 Å². The highest BCUT2D eigenvalue weighted by atomic mass is 31.2. The predicted molar refractivity (Wildman–Crippen MR) is 364 cm³/mol. The van der Waals surface area contributed by atoms with Gasteiger partial charge in [0.1, 0.15) is 19.3 Å². The highest BCUT2D eigenvalue weighted by molar-refractivity contribution is 7.47. The Kier molecular flexibility index (Phi) is 60.7. The number of allylic oxidation sites excluding steroid dienone is 15. The molecule has 0 saturated heterocycles. The molecule has 0 aliphatic carbocycles. The van der Waals surface area contributed by atoms with Crippen molar-refractivity contribution >= 4 is 19.7 Å². The molecule has 0 bridgehead atoms. The number of likely N-dealkylation sites (N-methyl/N-ethyl adjacent to an activating group) is 1. The van der Waals surface area contributed by atoms with E-state index in [0.717, 1.165) is 103 Å². The number of nitrogens with one attached hydrogen (secondary N) is 1. The van der Waals surface area contributed by atoms with E-state index in [9.17, 15) is 19.0 Å². The van der Waals surface area contributed by atoms with Crippen LogP contribution in [0.5, 0.6) is 0 Å². The van der Waals surface area contributed by atoms with Gasteiger partial charge in [-0.25, -0.2) is 4.57 Å². The summed E-state index contributed by atoms with van der Waals surface area (Å²) in [5.74, 6) is -0.510. The Labute approximate surface area is 519 Å². The van der Waals surface area contributed by atoms with Gasteiger partial charge < -0.3 is 19.4 Å². The van der Waals surface area contributed by atoms with Crippen molar-refractivity contribution in [3.05, 3.63) is 97.2 Å². The number of quaternary nitrogens is 1. The summed E-state index contributed by atoms with van der Waals surface area (Å²) in [4.78, 5) is 37.9. The van der Waals surface area contributed by atoms with Crippen LogP contribution in [0.1, 0.15) is 310 Å². The number of rotatable bonds is 63. The molecule has 0 aliphatic heterocycles. The smallest absolute Gasteiger partial charge is 0.456 e. The van der Waals surface area contributed by atoms with Gasteiger partial charge in [0.25, 0.3) is 0 Å². The number of carbonyl (C=O) groups is 2. The first kappa shape index (κ1) is 80.9. The molecule has 0 spiro atoms. The third-order valence-electron chi connectivity index (χ3n) is 15.3. The maximum Gasteiger partial charge on any atom is 0.472 e. The number of phosphoric acid groups is 1. The van der Waals surface area contributed by atoms with Crippen LogP contribution in [0.15, 0.2) is 97.2 Å². The van der Waals surface area contributed by atoms with Gasteiger partial charge in [-0.15, -0.1) is 0 Å². The molecular formula is C74H134N2O7P+. The highest BCUT2D eigenvalue weighted by Crippen LogP contribution is 2.43. The first-order valence-electron chi connectivity index (χ1n) is 35.1. The lowest BCUT2D eigenvalue weighted by atomic mass is 10.0. The van der Waals surface area contributed by atoms with Gasteiger partial charge in [-0.2, -0.15) is 0 Å². The minimum absolute atomic E-state index is 0.0358. The zero-order valence-electron chi connectivity index (χ0n) is 55.6. The van der Waals surface area contributed by atoms with Crippen LogP contribution in [0.2, 0.25) is 0 Å². The number of hydrogen-bond acceptors (Lipinski definition) is 6. The van der Waals surface area contributed by atoms with Crippen LogP contribution in [-0.2, 0) is 27.9 Å². The largest absolute Gasteiger partial charge is 0.472 e. The van der Waals surface area contributed by atoms with Crippen molar-refractivity contribution in [3.8, 4) is 0 Å². The van der Waals surface area contributed by atoms with E-state index in [1.54, 1.807) is 0 Å². The Balaban J connectivity index is 5.07. The van der Waals surface area contributed by atoms with Gasteiger partial charge in [-0.05, 0) is 109 Å².